The number of nitrogens with zero attached hydrogens (tertiary/aromatic N) is 5. The topological polar surface area (TPSA) is 141 Å². The third kappa shape index (κ3) is 10.6. The number of likely N-dealkylation sites (N-methyl/N-ethyl adjacent to an activating group) is 1. The molecule has 2 unspecified atom stereocenters. The van der Waals surface area contributed by atoms with Gasteiger partial charge < -0.3 is 35.2 Å². The monoisotopic (exact) mass is 740 g/mol. The van der Waals surface area contributed by atoms with Gasteiger partial charge in [-0.25, -0.2) is 19.6 Å². The second-order valence-corrected chi connectivity index (χ2v) is 15.4. The molecule has 0 bridgehead atoms. The lowest BCUT2D eigenvalue weighted by Crippen LogP contribution is -2.67. The molecule has 286 valence electrons. The highest BCUT2D eigenvalue weighted by Gasteiger charge is 2.52. The summed E-state index contributed by atoms with van der Waals surface area (Å²) < 4.78 is 53.3. The van der Waals surface area contributed by atoms with Crippen LogP contribution in [0.25, 0.3) is 0 Å². The van der Waals surface area contributed by atoms with Crippen LogP contribution in [0.1, 0.15) is 52.7 Å². The summed E-state index contributed by atoms with van der Waals surface area (Å²) in [6.45, 7) is 14.5. The number of hydrogen-bond acceptors (Lipinski definition) is 9. The molecule has 53 heavy (non-hydrogen) atoms. The molecular weight excluding hydrogens is 693 g/mol. The number of likely N-dealkylation sites (tertiary alicyclic amines) is 1. The predicted molar refractivity (Wildman–Crippen MR) is 194 cm³/mol. The van der Waals surface area contributed by atoms with E-state index in [1.165, 1.54) is 24.5 Å². The lowest BCUT2D eigenvalue weighted by atomic mass is 9.72. The Morgan fingerprint density at radius 2 is 1.49 bits per heavy atom. The molecule has 1 aromatic heterocycles. The second kappa shape index (κ2) is 15.6. The first-order chi connectivity index (χ1) is 24.7. The second-order valence-electron chi connectivity index (χ2n) is 15.4. The first-order valence-corrected chi connectivity index (χ1v) is 17.3. The number of aromatic nitrogens is 2. The Bertz CT molecular complexity index is 1780. The fourth-order valence-electron chi connectivity index (χ4n) is 6.32. The van der Waals surface area contributed by atoms with Crippen molar-refractivity contribution in [3.8, 4) is 11.6 Å². The van der Waals surface area contributed by atoms with Crippen LogP contribution in [0.15, 0.2) is 54.9 Å². The molecule has 2 atom stereocenters. The van der Waals surface area contributed by atoms with Gasteiger partial charge in [-0.05, 0) is 75.2 Å². The Hall–Kier alpha value is -4.96. The largest absolute Gasteiger partial charge is 0.444 e. The highest BCUT2D eigenvalue weighted by molar-refractivity contribution is 6.00. The Morgan fingerprint density at radius 3 is 2.11 bits per heavy atom. The van der Waals surface area contributed by atoms with Gasteiger partial charge in [0, 0.05) is 56.7 Å². The van der Waals surface area contributed by atoms with E-state index < -0.39 is 40.8 Å². The van der Waals surface area contributed by atoms with Crippen LogP contribution in [0.4, 0.5) is 40.0 Å². The SMILES string of the molecule is CN1CCN(Cc2ccc(NC(=O)Nc3ccc(Oc4cc(NC(=O)C5CN(C(=O)OC(C)(C)C)C5C(C)(C)C)ncn4)cc3)cc2C(F)(F)F)CC1. The molecule has 2 aliphatic heterocycles. The summed E-state index contributed by atoms with van der Waals surface area (Å²) in [7, 11) is 1.98. The molecule has 0 saturated carbocycles. The fraction of sp³-hybridized carbons (Fsp3) is 0.486. The van der Waals surface area contributed by atoms with E-state index >= 15 is 0 Å². The summed E-state index contributed by atoms with van der Waals surface area (Å²) in [6.07, 6.45) is -3.81. The number of piperazine rings is 1. The summed E-state index contributed by atoms with van der Waals surface area (Å²) in [5.74, 6) is -0.0878. The molecule has 4 amide bonds. The van der Waals surface area contributed by atoms with Crippen LogP contribution >= 0.6 is 0 Å². The summed E-state index contributed by atoms with van der Waals surface area (Å²) >= 11 is 0. The van der Waals surface area contributed by atoms with Crippen molar-refractivity contribution in [1.29, 1.82) is 0 Å². The normalized spacial score (nSPS) is 18.5. The third-order valence-electron chi connectivity index (χ3n) is 8.85. The van der Waals surface area contributed by atoms with Crippen LogP contribution in [0.2, 0.25) is 0 Å². The molecule has 3 aromatic rings. The van der Waals surface area contributed by atoms with E-state index in [4.69, 9.17) is 9.47 Å². The zero-order valence-electron chi connectivity index (χ0n) is 31.0. The third-order valence-corrected chi connectivity index (χ3v) is 8.85. The average molecular weight is 741 g/mol. The van der Waals surface area contributed by atoms with Crippen molar-refractivity contribution in [2.45, 2.75) is 65.9 Å². The van der Waals surface area contributed by atoms with Gasteiger partial charge in [-0.15, -0.1) is 0 Å². The minimum absolute atomic E-state index is 0.00941. The Kier molecular flexibility index (Phi) is 11.5. The zero-order valence-corrected chi connectivity index (χ0v) is 31.0. The van der Waals surface area contributed by atoms with Crippen molar-refractivity contribution in [3.05, 3.63) is 66.0 Å². The van der Waals surface area contributed by atoms with Crippen LogP contribution < -0.4 is 20.7 Å². The first-order valence-electron chi connectivity index (χ1n) is 17.3. The Labute approximate surface area is 307 Å². The molecule has 13 nitrogen and oxygen atoms in total. The summed E-state index contributed by atoms with van der Waals surface area (Å²) in [4.78, 5) is 52.7. The van der Waals surface area contributed by atoms with Gasteiger partial charge >= 0.3 is 18.3 Å². The zero-order chi connectivity index (χ0) is 38.7. The summed E-state index contributed by atoms with van der Waals surface area (Å²) in [5, 5.41) is 7.88. The van der Waals surface area contributed by atoms with Crippen LogP contribution in [-0.2, 0) is 22.3 Å². The standard InChI is InChI=1S/C37H47F3N8O5/c1-35(2,3)31-27(21-48(31)34(51)53-36(4,5)6)32(49)45-29-19-30(42-22-41-29)52-26-12-10-24(11-13-26)43-33(50)44-25-9-8-23(28(18-25)37(38,39)40)20-47-16-14-46(7)15-17-47/h8-13,18-19,22,27,31H,14-17,20-21H2,1-7H3,(H2,43,44,50)(H,41,42,45,49). The number of urea groups is 1. The molecule has 2 saturated heterocycles. The molecule has 0 spiro atoms. The summed E-state index contributed by atoms with van der Waals surface area (Å²) in [5.41, 5.74) is -1.32. The van der Waals surface area contributed by atoms with Crippen molar-refractivity contribution >= 4 is 35.2 Å². The van der Waals surface area contributed by atoms with Crippen molar-refractivity contribution < 1.29 is 37.0 Å². The molecule has 0 radical (unpaired) electrons. The number of hydrogen-bond donors (Lipinski definition) is 3. The van der Waals surface area contributed by atoms with Gasteiger partial charge in [-0.3, -0.25) is 9.69 Å². The van der Waals surface area contributed by atoms with E-state index in [0.29, 0.717) is 24.5 Å². The van der Waals surface area contributed by atoms with Crippen molar-refractivity contribution in [2.75, 3.05) is 55.7 Å². The van der Waals surface area contributed by atoms with E-state index in [1.54, 1.807) is 49.9 Å². The molecule has 2 fully saturated rings. The van der Waals surface area contributed by atoms with E-state index in [1.807, 2.05) is 32.7 Å². The number of rotatable bonds is 8. The van der Waals surface area contributed by atoms with E-state index in [0.717, 1.165) is 19.2 Å². The molecule has 5 rings (SSSR count). The van der Waals surface area contributed by atoms with Crippen molar-refractivity contribution in [3.63, 3.8) is 0 Å². The minimum atomic E-state index is -4.58. The first kappa shape index (κ1) is 39.3. The van der Waals surface area contributed by atoms with Gasteiger partial charge in [0.15, 0.2) is 0 Å². The number of carbonyl (C=O) groups excluding carboxylic acids is 3. The molecule has 2 aliphatic rings. The number of halogens is 3. The molecule has 3 heterocycles. The smallest absolute Gasteiger partial charge is 0.416 e. The lowest BCUT2D eigenvalue weighted by Gasteiger charge is -2.52. The van der Waals surface area contributed by atoms with Gasteiger partial charge in [-0.2, -0.15) is 13.2 Å². The van der Waals surface area contributed by atoms with Crippen LogP contribution in [-0.4, -0.2) is 94.1 Å². The van der Waals surface area contributed by atoms with Gasteiger partial charge in [0.25, 0.3) is 0 Å². The molecular formula is C37H47F3N8O5. The number of carbonyl (C=O) groups is 3. The average Bonchev–Trinajstić information content (AvgIpc) is 3.01. The molecule has 3 N–H and O–H groups in total. The number of nitrogens with one attached hydrogen (secondary N) is 3. The number of alkyl halides is 3. The van der Waals surface area contributed by atoms with Crippen molar-refractivity contribution in [1.82, 2.24) is 24.7 Å². The lowest BCUT2D eigenvalue weighted by molar-refractivity contribution is -0.138. The number of anilines is 3. The Morgan fingerprint density at radius 1 is 0.849 bits per heavy atom. The maximum Gasteiger partial charge on any atom is 0.416 e. The van der Waals surface area contributed by atoms with Gasteiger partial charge in [0.05, 0.1) is 17.5 Å². The minimum Gasteiger partial charge on any atom is -0.444 e. The maximum atomic E-state index is 14.0. The van der Waals surface area contributed by atoms with E-state index in [-0.39, 0.29) is 48.0 Å². The number of benzene rings is 2. The molecule has 2 aromatic carbocycles. The highest BCUT2D eigenvalue weighted by atomic mass is 19.4. The molecule has 0 aliphatic carbocycles. The quantitative estimate of drug-likeness (QED) is 0.225. The number of amides is 4. The highest BCUT2D eigenvalue weighted by Crippen LogP contribution is 2.40. The van der Waals surface area contributed by atoms with Gasteiger partial charge in [-0.1, -0.05) is 26.8 Å². The van der Waals surface area contributed by atoms with E-state index in [9.17, 15) is 27.6 Å². The van der Waals surface area contributed by atoms with Gasteiger partial charge in [0.2, 0.25) is 11.8 Å². The van der Waals surface area contributed by atoms with Crippen LogP contribution in [0, 0.1) is 11.3 Å². The van der Waals surface area contributed by atoms with Crippen LogP contribution in [0.5, 0.6) is 11.6 Å². The van der Waals surface area contributed by atoms with Crippen molar-refractivity contribution in [2.24, 2.45) is 11.3 Å². The fourth-order valence-corrected chi connectivity index (χ4v) is 6.32. The summed E-state index contributed by atoms with van der Waals surface area (Å²) in [6, 6.07) is 10.4. The maximum absolute atomic E-state index is 14.0. The van der Waals surface area contributed by atoms with E-state index in [2.05, 4.69) is 30.8 Å². The van der Waals surface area contributed by atoms with Gasteiger partial charge in [0.1, 0.15) is 23.5 Å². The molecule has 16 heteroatoms. The number of ether oxygens (including phenoxy) is 2. The van der Waals surface area contributed by atoms with Crippen LogP contribution in [0.3, 0.4) is 0 Å². The predicted octanol–water partition coefficient (Wildman–Crippen LogP) is 6.90. The Balaban J connectivity index is 1.15.